The summed E-state index contributed by atoms with van der Waals surface area (Å²) in [7, 11) is 0. The van der Waals surface area contributed by atoms with Gasteiger partial charge in [-0.15, -0.1) is 0 Å². The van der Waals surface area contributed by atoms with E-state index in [4.69, 9.17) is 11.6 Å². The Labute approximate surface area is 122 Å². The van der Waals surface area contributed by atoms with E-state index in [0.717, 1.165) is 0 Å². The monoisotopic (exact) mass is 287 g/mol. The van der Waals surface area contributed by atoms with E-state index in [1.54, 1.807) is 18.2 Å². The molecule has 1 aromatic carbocycles. The number of carbonyl (C=O) groups excluding carboxylic acids is 1. The van der Waals surface area contributed by atoms with Gasteiger partial charge in [0.15, 0.2) is 0 Å². The minimum atomic E-state index is -0.245. The lowest BCUT2D eigenvalue weighted by Crippen LogP contribution is -2.44. The molecule has 5 heteroatoms. The summed E-state index contributed by atoms with van der Waals surface area (Å²) in [4.78, 5) is 16.3. The van der Waals surface area contributed by atoms with Crippen molar-refractivity contribution >= 4 is 23.3 Å². The molecule has 0 saturated carbocycles. The summed E-state index contributed by atoms with van der Waals surface area (Å²) in [5, 5.41) is 6.39. The van der Waals surface area contributed by atoms with E-state index in [-0.39, 0.29) is 11.9 Å². The van der Waals surface area contributed by atoms with E-state index in [1.807, 2.05) is 12.1 Å². The van der Waals surface area contributed by atoms with E-state index in [1.165, 1.54) is 11.1 Å². The van der Waals surface area contributed by atoms with Gasteiger partial charge in [-0.2, -0.15) is 0 Å². The molecule has 2 N–H and O–H groups in total. The van der Waals surface area contributed by atoms with Gasteiger partial charge in [0.25, 0.3) is 0 Å². The number of anilines is 1. The zero-order valence-corrected chi connectivity index (χ0v) is 11.5. The fourth-order valence-electron chi connectivity index (χ4n) is 2.33. The standard InChI is InChI=1S/C15H14ClN3O/c16-13-6-3-7-14(18-13)19-15(20)12-8-10-4-1-2-5-11(10)9-17-12/h1-7,12,17H,8-9H2,(H,18,19,20)/t12-/m0/s1. The molecular formula is C15H14ClN3O. The zero-order chi connectivity index (χ0) is 13.9. The maximum absolute atomic E-state index is 12.2. The highest BCUT2D eigenvalue weighted by atomic mass is 35.5. The Morgan fingerprint density at radius 1 is 1.20 bits per heavy atom. The lowest BCUT2D eigenvalue weighted by molar-refractivity contribution is -0.118. The molecule has 1 aromatic heterocycles. The summed E-state index contributed by atoms with van der Waals surface area (Å²) in [5.41, 5.74) is 2.46. The Morgan fingerprint density at radius 2 is 2.00 bits per heavy atom. The topological polar surface area (TPSA) is 54.0 Å². The highest BCUT2D eigenvalue weighted by Gasteiger charge is 2.24. The number of nitrogens with zero attached hydrogens (tertiary/aromatic N) is 1. The third-order valence-corrected chi connectivity index (χ3v) is 3.57. The summed E-state index contributed by atoms with van der Waals surface area (Å²) < 4.78 is 0. The number of aromatic nitrogens is 1. The Kier molecular flexibility index (Phi) is 3.67. The molecule has 1 aliphatic rings. The van der Waals surface area contributed by atoms with E-state index in [9.17, 15) is 4.79 Å². The van der Waals surface area contributed by atoms with Crippen molar-refractivity contribution in [2.75, 3.05) is 5.32 Å². The van der Waals surface area contributed by atoms with Crippen LogP contribution in [0.2, 0.25) is 5.15 Å². The molecule has 20 heavy (non-hydrogen) atoms. The fraction of sp³-hybridized carbons (Fsp3) is 0.200. The molecule has 1 aliphatic heterocycles. The lowest BCUT2D eigenvalue weighted by atomic mass is 9.95. The molecule has 3 rings (SSSR count). The minimum Gasteiger partial charge on any atom is -0.309 e. The first-order valence-corrected chi connectivity index (χ1v) is 6.84. The van der Waals surface area contributed by atoms with Crippen molar-refractivity contribution in [3.05, 3.63) is 58.7 Å². The quantitative estimate of drug-likeness (QED) is 0.834. The number of rotatable bonds is 2. The number of hydrogen-bond donors (Lipinski definition) is 2. The van der Waals surface area contributed by atoms with Gasteiger partial charge in [0.05, 0.1) is 6.04 Å². The van der Waals surface area contributed by atoms with E-state index >= 15 is 0 Å². The van der Waals surface area contributed by atoms with Crippen LogP contribution in [0.5, 0.6) is 0 Å². The van der Waals surface area contributed by atoms with Gasteiger partial charge < -0.3 is 10.6 Å². The molecule has 0 saturated heterocycles. The average molecular weight is 288 g/mol. The lowest BCUT2D eigenvalue weighted by Gasteiger charge is -2.25. The number of halogens is 1. The van der Waals surface area contributed by atoms with E-state index in [0.29, 0.717) is 23.9 Å². The summed E-state index contributed by atoms with van der Waals surface area (Å²) in [6.07, 6.45) is 0.683. The molecule has 0 fully saturated rings. The molecular weight excluding hydrogens is 274 g/mol. The number of amides is 1. The largest absolute Gasteiger partial charge is 0.309 e. The van der Waals surface area contributed by atoms with Crippen molar-refractivity contribution in [1.82, 2.24) is 10.3 Å². The number of pyridine rings is 1. The van der Waals surface area contributed by atoms with Gasteiger partial charge in [0.2, 0.25) is 5.91 Å². The molecule has 0 bridgehead atoms. The Balaban J connectivity index is 1.70. The van der Waals surface area contributed by atoms with Crippen molar-refractivity contribution in [2.45, 2.75) is 19.0 Å². The number of carbonyl (C=O) groups is 1. The van der Waals surface area contributed by atoms with E-state index < -0.39 is 0 Å². The van der Waals surface area contributed by atoms with Crippen LogP contribution in [0, 0.1) is 0 Å². The third-order valence-electron chi connectivity index (χ3n) is 3.36. The predicted octanol–water partition coefficient (Wildman–Crippen LogP) is 2.39. The Morgan fingerprint density at radius 3 is 2.80 bits per heavy atom. The second-order valence-electron chi connectivity index (χ2n) is 4.74. The Hall–Kier alpha value is -1.91. The van der Waals surface area contributed by atoms with Gasteiger partial charge in [-0.1, -0.05) is 41.9 Å². The normalized spacial score (nSPS) is 17.4. The molecule has 2 heterocycles. The van der Waals surface area contributed by atoms with Crippen LogP contribution in [0.25, 0.3) is 0 Å². The van der Waals surface area contributed by atoms with Crippen LogP contribution in [0.4, 0.5) is 5.82 Å². The van der Waals surface area contributed by atoms with Crippen LogP contribution in [0.3, 0.4) is 0 Å². The fourth-order valence-corrected chi connectivity index (χ4v) is 2.49. The van der Waals surface area contributed by atoms with Gasteiger partial charge >= 0.3 is 0 Å². The van der Waals surface area contributed by atoms with Gasteiger partial charge in [-0.3, -0.25) is 4.79 Å². The smallest absolute Gasteiger partial charge is 0.243 e. The van der Waals surface area contributed by atoms with Gasteiger partial charge in [0.1, 0.15) is 11.0 Å². The van der Waals surface area contributed by atoms with Crippen molar-refractivity contribution in [2.24, 2.45) is 0 Å². The highest BCUT2D eigenvalue weighted by Crippen LogP contribution is 2.17. The molecule has 1 atom stereocenters. The molecule has 2 aromatic rings. The van der Waals surface area contributed by atoms with Crippen molar-refractivity contribution in [3.63, 3.8) is 0 Å². The first kappa shape index (κ1) is 13.1. The number of hydrogen-bond acceptors (Lipinski definition) is 3. The van der Waals surface area contributed by atoms with Gasteiger partial charge in [-0.05, 0) is 29.7 Å². The number of fused-ring (bicyclic) bond motifs is 1. The Bertz CT molecular complexity index is 645. The van der Waals surface area contributed by atoms with Crippen LogP contribution in [-0.4, -0.2) is 16.9 Å². The molecule has 0 unspecified atom stereocenters. The second kappa shape index (κ2) is 5.61. The molecule has 0 spiro atoms. The van der Waals surface area contributed by atoms with Crippen molar-refractivity contribution < 1.29 is 4.79 Å². The predicted molar refractivity (Wildman–Crippen MR) is 78.7 cm³/mol. The second-order valence-corrected chi connectivity index (χ2v) is 5.13. The maximum atomic E-state index is 12.2. The van der Waals surface area contributed by atoms with Crippen LogP contribution in [0.15, 0.2) is 42.5 Å². The molecule has 1 amide bonds. The SMILES string of the molecule is O=C(Nc1cccc(Cl)n1)[C@@H]1Cc2ccccc2CN1. The first-order valence-electron chi connectivity index (χ1n) is 6.46. The summed E-state index contributed by atoms with van der Waals surface area (Å²) in [6, 6.07) is 13.1. The molecule has 0 radical (unpaired) electrons. The van der Waals surface area contributed by atoms with Gasteiger partial charge in [0, 0.05) is 6.54 Å². The van der Waals surface area contributed by atoms with Crippen LogP contribution < -0.4 is 10.6 Å². The third kappa shape index (κ3) is 2.81. The van der Waals surface area contributed by atoms with Crippen LogP contribution >= 0.6 is 11.6 Å². The molecule has 0 aliphatic carbocycles. The summed E-state index contributed by atoms with van der Waals surface area (Å²) in [6.45, 7) is 0.706. The average Bonchev–Trinajstić information content (AvgIpc) is 2.47. The minimum absolute atomic E-state index is 0.0886. The summed E-state index contributed by atoms with van der Waals surface area (Å²) >= 11 is 5.80. The highest BCUT2D eigenvalue weighted by molar-refractivity contribution is 6.29. The van der Waals surface area contributed by atoms with Crippen LogP contribution in [-0.2, 0) is 17.8 Å². The maximum Gasteiger partial charge on any atom is 0.243 e. The number of benzene rings is 1. The number of nitrogens with one attached hydrogen (secondary N) is 2. The summed E-state index contributed by atoms with van der Waals surface area (Å²) in [5.74, 6) is 0.387. The molecule has 4 nitrogen and oxygen atoms in total. The first-order chi connectivity index (χ1) is 9.72. The van der Waals surface area contributed by atoms with Gasteiger partial charge in [-0.25, -0.2) is 4.98 Å². The zero-order valence-electron chi connectivity index (χ0n) is 10.8. The van der Waals surface area contributed by atoms with E-state index in [2.05, 4.69) is 27.8 Å². The van der Waals surface area contributed by atoms with Crippen molar-refractivity contribution in [3.8, 4) is 0 Å². The van der Waals surface area contributed by atoms with Crippen molar-refractivity contribution in [1.29, 1.82) is 0 Å². The van der Waals surface area contributed by atoms with Crippen LogP contribution in [0.1, 0.15) is 11.1 Å². The molecule has 102 valence electrons.